The van der Waals surface area contributed by atoms with Crippen LogP contribution in [0.2, 0.25) is 0 Å². The van der Waals surface area contributed by atoms with Crippen LogP contribution in [0.15, 0.2) is 30.6 Å². The molecule has 0 radical (unpaired) electrons. The first-order valence-corrected chi connectivity index (χ1v) is 11.9. The predicted molar refractivity (Wildman–Crippen MR) is 128 cm³/mol. The second-order valence-corrected chi connectivity index (χ2v) is 9.11. The Bertz CT molecular complexity index is 1080. The number of hydrogen-bond donors (Lipinski definition) is 1. The normalized spacial score (nSPS) is 16.2. The van der Waals surface area contributed by atoms with E-state index in [0.29, 0.717) is 24.6 Å². The molecule has 1 aromatic carbocycles. The number of methoxy groups -OCH3 is 2. The number of rotatable bonds is 8. The topological polar surface area (TPSA) is 76.6 Å². The van der Waals surface area contributed by atoms with Crippen LogP contribution in [0.3, 0.4) is 0 Å². The number of anilines is 1. The van der Waals surface area contributed by atoms with E-state index in [-0.39, 0.29) is 11.8 Å². The molecule has 0 spiro atoms. The molecule has 1 saturated heterocycles. The number of fused-ring (bicyclic) bond motifs is 1. The van der Waals surface area contributed by atoms with Crippen LogP contribution in [0.1, 0.15) is 30.2 Å². The number of hydrogen-bond acceptors (Lipinski definition) is 7. The fraction of sp³-hybridized carbons (Fsp3) is 0.458. The van der Waals surface area contributed by atoms with E-state index in [2.05, 4.69) is 33.2 Å². The molecule has 7 nitrogen and oxygen atoms in total. The first-order valence-electron chi connectivity index (χ1n) is 11.1. The SMILES string of the molecule is CCc1cc2c(N3CCC[C@@H](C(=O)NCCc4ccc(OC)c(OC)c4)C3)ncnc2s1. The van der Waals surface area contributed by atoms with Gasteiger partial charge < -0.3 is 19.7 Å². The highest BCUT2D eigenvalue weighted by molar-refractivity contribution is 7.18. The molecule has 0 bridgehead atoms. The minimum absolute atomic E-state index is 0.0385. The Morgan fingerprint density at radius 1 is 1.22 bits per heavy atom. The molecule has 0 saturated carbocycles. The zero-order chi connectivity index (χ0) is 22.5. The summed E-state index contributed by atoms with van der Waals surface area (Å²) in [5, 5.41) is 4.22. The van der Waals surface area contributed by atoms with Gasteiger partial charge in [-0.05, 0) is 49.4 Å². The van der Waals surface area contributed by atoms with Gasteiger partial charge in [-0.2, -0.15) is 0 Å². The molecule has 4 rings (SSSR count). The standard InChI is InChI=1S/C24H30N4O3S/c1-4-18-13-19-22(26-15-27-24(19)32-18)28-11-5-6-17(14-28)23(29)25-10-9-16-7-8-20(30-2)21(12-16)31-3/h7-8,12-13,15,17H,4-6,9-11,14H2,1-3H3,(H,25,29)/t17-/m1/s1. The van der Waals surface area contributed by atoms with Crippen LogP contribution in [0, 0.1) is 5.92 Å². The summed E-state index contributed by atoms with van der Waals surface area (Å²) in [6.07, 6.45) is 5.25. The highest BCUT2D eigenvalue weighted by Gasteiger charge is 2.27. The van der Waals surface area contributed by atoms with Crippen molar-refractivity contribution in [3.8, 4) is 11.5 Å². The largest absolute Gasteiger partial charge is 0.493 e. The molecule has 1 aliphatic rings. The molecule has 1 amide bonds. The number of carbonyl (C=O) groups excluding carboxylic acids is 1. The quantitative estimate of drug-likeness (QED) is 0.557. The third-order valence-corrected chi connectivity index (χ3v) is 7.15. The number of nitrogens with one attached hydrogen (secondary N) is 1. The van der Waals surface area contributed by atoms with E-state index in [9.17, 15) is 4.79 Å². The zero-order valence-corrected chi connectivity index (χ0v) is 19.7. The monoisotopic (exact) mass is 454 g/mol. The van der Waals surface area contributed by atoms with Crippen molar-refractivity contribution < 1.29 is 14.3 Å². The first-order chi connectivity index (χ1) is 15.6. The van der Waals surface area contributed by atoms with E-state index >= 15 is 0 Å². The molecule has 170 valence electrons. The Balaban J connectivity index is 1.36. The Morgan fingerprint density at radius 3 is 2.84 bits per heavy atom. The molecule has 1 atom stereocenters. The molecule has 2 aromatic heterocycles. The molecular weight excluding hydrogens is 424 g/mol. The van der Waals surface area contributed by atoms with E-state index in [1.165, 1.54) is 4.88 Å². The number of amides is 1. The van der Waals surface area contributed by atoms with Crippen LogP contribution in [0.25, 0.3) is 10.2 Å². The Labute approximate surface area is 192 Å². The van der Waals surface area contributed by atoms with Gasteiger partial charge in [0.05, 0.1) is 25.5 Å². The lowest BCUT2D eigenvalue weighted by atomic mass is 9.97. The maximum atomic E-state index is 12.9. The summed E-state index contributed by atoms with van der Waals surface area (Å²) in [6.45, 7) is 4.35. The van der Waals surface area contributed by atoms with Crippen molar-refractivity contribution >= 4 is 33.3 Å². The highest BCUT2D eigenvalue weighted by atomic mass is 32.1. The van der Waals surface area contributed by atoms with Crippen molar-refractivity contribution in [3.05, 3.63) is 41.0 Å². The van der Waals surface area contributed by atoms with E-state index in [0.717, 1.165) is 53.8 Å². The summed E-state index contributed by atoms with van der Waals surface area (Å²) in [7, 11) is 3.25. The van der Waals surface area contributed by atoms with Gasteiger partial charge in [0.1, 0.15) is 17.0 Å². The van der Waals surface area contributed by atoms with Crippen LogP contribution in [-0.4, -0.2) is 49.7 Å². The van der Waals surface area contributed by atoms with Crippen LogP contribution in [-0.2, 0) is 17.6 Å². The number of thiophene rings is 1. The maximum Gasteiger partial charge on any atom is 0.224 e. The van der Waals surface area contributed by atoms with E-state index in [1.54, 1.807) is 31.9 Å². The highest BCUT2D eigenvalue weighted by Crippen LogP contribution is 2.32. The third-order valence-electron chi connectivity index (χ3n) is 5.96. The van der Waals surface area contributed by atoms with Crippen molar-refractivity contribution in [3.63, 3.8) is 0 Å². The number of benzene rings is 1. The number of ether oxygens (including phenoxy) is 2. The predicted octanol–water partition coefficient (Wildman–Crippen LogP) is 3.85. The third kappa shape index (κ3) is 4.80. The molecule has 1 N–H and O–H groups in total. The number of nitrogens with zero attached hydrogens (tertiary/aromatic N) is 3. The van der Waals surface area contributed by atoms with Gasteiger partial charge in [0.25, 0.3) is 0 Å². The van der Waals surface area contributed by atoms with Crippen LogP contribution >= 0.6 is 11.3 Å². The molecule has 1 aliphatic heterocycles. The molecule has 32 heavy (non-hydrogen) atoms. The molecule has 0 unspecified atom stereocenters. The molecule has 3 heterocycles. The van der Waals surface area contributed by atoms with E-state index in [1.807, 2.05) is 18.2 Å². The van der Waals surface area contributed by atoms with Crippen molar-refractivity contribution in [2.24, 2.45) is 5.92 Å². The Morgan fingerprint density at radius 2 is 2.06 bits per heavy atom. The fourth-order valence-corrected chi connectivity index (χ4v) is 5.14. The number of piperidine rings is 1. The average molecular weight is 455 g/mol. The summed E-state index contributed by atoms with van der Waals surface area (Å²) in [5.41, 5.74) is 1.10. The van der Waals surface area contributed by atoms with Gasteiger partial charge in [-0.1, -0.05) is 13.0 Å². The molecule has 3 aromatic rings. The molecular formula is C24H30N4O3S. The van der Waals surface area contributed by atoms with Crippen molar-refractivity contribution in [2.75, 3.05) is 38.8 Å². The van der Waals surface area contributed by atoms with Crippen LogP contribution in [0.4, 0.5) is 5.82 Å². The van der Waals surface area contributed by atoms with Gasteiger partial charge >= 0.3 is 0 Å². The second-order valence-electron chi connectivity index (χ2n) is 8.00. The smallest absolute Gasteiger partial charge is 0.224 e. The summed E-state index contributed by atoms with van der Waals surface area (Å²) >= 11 is 1.72. The maximum absolute atomic E-state index is 12.9. The van der Waals surface area contributed by atoms with Gasteiger partial charge in [0.2, 0.25) is 5.91 Å². The Kier molecular flexibility index (Phi) is 7.09. The average Bonchev–Trinajstić information content (AvgIpc) is 3.27. The van der Waals surface area contributed by atoms with Crippen molar-refractivity contribution in [1.82, 2.24) is 15.3 Å². The minimum Gasteiger partial charge on any atom is -0.493 e. The lowest BCUT2D eigenvalue weighted by molar-refractivity contribution is -0.125. The number of carbonyl (C=O) groups is 1. The molecule has 8 heteroatoms. The van der Waals surface area contributed by atoms with E-state index in [4.69, 9.17) is 9.47 Å². The van der Waals surface area contributed by atoms with Crippen LogP contribution in [0.5, 0.6) is 11.5 Å². The zero-order valence-electron chi connectivity index (χ0n) is 18.9. The second kappa shape index (κ2) is 10.2. The minimum atomic E-state index is -0.0385. The van der Waals surface area contributed by atoms with Crippen LogP contribution < -0.4 is 19.7 Å². The number of aryl methyl sites for hydroxylation is 1. The number of aromatic nitrogens is 2. The summed E-state index contributed by atoms with van der Waals surface area (Å²) in [5.74, 6) is 2.44. The molecule has 0 aliphatic carbocycles. The fourth-order valence-electron chi connectivity index (χ4n) is 4.21. The summed E-state index contributed by atoms with van der Waals surface area (Å²) < 4.78 is 10.7. The van der Waals surface area contributed by atoms with Crippen molar-refractivity contribution in [1.29, 1.82) is 0 Å². The summed E-state index contributed by atoms with van der Waals surface area (Å²) in [4.78, 5) is 26.5. The lowest BCUT2D eigenvalue weighted by Crippen LogP contribution is -2.43. The first kappa shape index (κ1) is 22.3. The van der Waals surface area contributed by atoms with Gasteiger partial charge in [-0.15, -0.1) is 11.3 Å². The molecule has 1 fully saturated rings. The summed E-state index contributed by atoms with van der Waals surface area (Å²) in [6, 6.07) is 8.05. The van der Waals surface area contributed by atoms with E-state index < -0.39 is 0 Å². The lowest BCUT2D eigenvalue weighted by Gasteiger charge is -2.33. The van der Waals surface area contributed by atoms with Gasteiger partial charge in [0.15, 0.2) is 11.5 Å². The van der Waals surface area contributed by atoms with Gasteiger partial charge in [-0.25, -0.2) is 9.97 Å². The van der Waals surface area contributed by atoms with Crippen molar-refractivity contribution in [2.45, 2.75) is 32.6 Å². The van der Waals surface area contributed by atoms with Gasteiger partial charge in [0, 0.05) is 24.5 Å². The Hall–Kier alpha value is -2.87. The van der Waals surface area contributed by atoms with Gasteiger partial charge in [-0.3, -0.25) is 4.79 Å².